The van der Waals surface area contributed by atoms with Crippen LogP contribution in [-0.2, 0) is 5.41 Å². The molecule has 222 valence electrons. The summed E-state index contributed by atoms with van der Waals surface area (Å²) in [6.45, 7) is 4.67. The van der Waals surface area contributed by atoms with Crippen LogP contribution in [0.1, 0.15) is 25.0 Å². The first-order valence-corrected chi connectivity index (χ1v) is 16.1. The first-order chi connectivity index (χ1) is 23.0. The molecule has 0 amide bonds. The Hall–Kier alpha value is -5.93. The second kappa shape index (κ2) is 10.6. The zero-order valence-electron chi connectivity index (χ0n) is 26.3. The van der Waals surface area contributed by atoms with Crippen molar-refractivity contribution in [3.05, 3.63) is 163 Å². The molecule has 9 rings (SSSR count). The molecule has 3 heteroatoms. The van der Waals surface area contributed by atoms with E-state index in [0.717, 1.165) is 32.8 Å². The van der Waals surface area contributed by atoms with Crippen molar-refractivity contribution in [1.82, 2.24) is 15.0 Å². The van der Waals surface area contributed by atoms with E-state index in [1.54, 1.807) is 0 Å². The normalized spacial score (nSPS) is 13.1. The predicted molar refractivity (Wildman–Crippen MR) is 194 cm³/mol. The molecule has 0 bridgehead atoms. The quantitative estimate of drug-likeness (QED) is 0.201. The molecule has 0 fully saturated rings. The van der Waals surface area contributed by atoms with E-state index < -0.39 is 0 Å². The van der Waals surface area contributed by atoms with E-state index in [2.05, 4.69) is 135 Å². The highest BCUT2D eigenvalue weighted by Gasteiger charge is 2.36. The molecule has 1 aromatic heterocycles. The minimum absolute atomic E-state index is 0.0261. The van der Waals surface area contributed by atoms with Crippen LogP contribution in [0, 0.1) is 0 Å². The lowest BCUT2D eigenvalue weighted by atomic mass is 9.82. The summed E-state index contributed by atoms with van der Waals surface area (Å²) in [6, 6.07) is 53.7. The molecule has 0 saturated carbocycles. The number of hydrogen-bond donors (Lipinski definition) is 0. The van der Waals surface area contributed by atoms with Crippen molar-refractivity contribution in [3.8, 4) is 56.4 Å². The number of benzene rings is 7. The summed E-state index contributed by atoms with van der Waals surface area (Å²) in [5, 5.41) is 4.61. The van der Waals surface area contributed by atoms with Crippen LogP contribution in [-0.4, -0.2) is 15.0 Å². The topological polar surface area (TPSA) is 38.7 Å². The molecule has 0 spiro atoms. The summed E-state index contributed by atoms with van der Waals surface area (Å²) in [6.07, 6.45) is 0. The molecule has 1 heterocycles. The van der Waals surface area contributed by atoms with E-state index in [0.29, 0.717) is 17.5 Å². The Kier molecular flexibility index (Phi) is 6.16. The van der Waals surface area contributed by atoms with Crippen molar-refractivity contribution in [2.45, 2.75) is 19.3 Å². The van der Waals surface area contributed by atoms with Gasteiger partial charge in [-0.3, -0.25) is 0 Å². The van der Waals surface area contributed by atoms with Gasteiger partial charge in [-0.15, -0.1) is 0 Å². The van der Waals surface area contributed by atoms with Crippen LogP contribution in [0.2, 0.25) is 0 Å². The van der Waals surface area contributed by atoms with E-state index in [1.807, 2.05) is 30.3 Å². The molecule has 0 N–H and O–H groups in total. The Bertz CT molecular complexity index is 2490. The molecule has 0 aliphatic heterocycles. The Labute approximate surface area is 274 Å². The molecule has 0 unspecified atom stereocenters. The molecule has 47 heavy (non-hydrogen) atoms. The second-order valence-corrected chi connectivity index (χ2v) is 12.9. The van der Waals surface area contributed by atoms with E-state index in [4.69, 9.17) is 15.0 Å². The number of fused-ring (bicyclic) bond motifs is 5. The molecule has 7 aromatic carbocycles. The minimum Gasteiger partial charge on any atom is -0.208 e. The third-order valence-corrected chi connectivity index (χ3v) is 9.71. The molecule has 0 saturated heterocycles. The fraction of sp³-hybridized carbons (Fsp3) is 0.0682. The average Bonchev–Trinajstić information content (AvgIpc) is 3.37. The van der Waals surface area contributed by atoms with Gasteiger partial charge in [-0.2, -0.15) is 0 Å². The Balaban J connectivity index is 1.17. The lowest BCUT2D eigenvalue weighted by molar-refractivity contribution is 0.660. The van der Waals surface area contributed by atoms with E-state index >= 15 is 0 Å². The van der Waals surface area contributed by atoms with Crippen LogP contribution in [0.25, 0.3) is 78.0 Å². The zero-order valence-corrected chi connectivity index (χ0v) is 26.3. The number of aromatic nitrogens is 3. The van der Waals surface area contributed by atoms with Crippen LogP contribution >= 0.6 is 0 Å². The maximum absolute atomic E-state index is 5.07. The smallest absolute Gasteiger partial charge is 0.164 e. The van der Waals surface area contributed by atoms with E-state index in [9.17, 15) is 0 Å². The van der Waals surface area contributed by atoms with Gasteiger partial charge in [-0.1, -0.05) is 153 Å². The lowest BCUT2D eigenvalue weighted by Crippen LogP contribution is -2.14. The minimum atomic E-state index is -0.0261. The standard InChI is InChI=1S/C44H31N3/c1-44(2)38-20-9-8-17-37(38)40-35(18-11-21-39(40)44)32-24-22-31-27-33(25-23-30(31)26-32)42-45-41(29-13-4-3-5-14-29)46-43(47-42)36-19-10-15-28-12-6-7-16-34(28)36/h3-27H,1-2H3. The largest absolute Gasteiger partial charge is 0.208 e. The zero-order chi connectivity index (χ0) is 31.5. The average molecular weight is 602 g/mol. The highest BCUT2D eigenvalue weighted by Crippen LogP contribution is 2.52. The molecule has 1 aliphatic rings. The number of hydrogen-bond acceptors (Lipinski definition) is 3. The Morgan fingerprint density at radius 1 is 0.383 bits per heavy atom. The van der Waals surface area contributed by atoms with Gasteiger partial charge in [0.1, 0.15) is 0 Å². The van der Waals surface area contributed by atoms with Gasteiger partial charge in [0.25, 0.3) is 0 Å². The molecule has 0 atom stereocenters. The maximum Gasteiger partial charge on any atom is 0.164 e. The van der Waals surface area contributed by atoms with Gasteiger partial charge in [0, 0.05) is 22.1 Å². The van der Waals surface area contributed by atoms with Crippen molar-refractivity contribution < 1.29 is 0 Å². The number of rotatable bonds is 4. The molecule has 0 radical (unpaired) electrons. The second-order valence-electron chi connectivity index (χ2n) is 12.9. The van der Waals surface area contributed by atoms with Gasteiger partial charge >= 0.3 is 0 Å². The predicted octanol–water partition coefficient (Wildman–Crippen LogP) is 11.2. The van der Waals surface area contributed by atoms with Gasteiger partial charge in [0.05, 0.1) is 0 Å². The Morgan fingerprint density at radius 3 is 1.81 bits per heavy atom. The van der Waals surface area contributed by atoms with Crippen LogP contribution in [0.15, 0.2) is 152 Å². The van der Waals surface area contributed by atoms with Gasteiger partial charge in [-0.25, -0.2) is 15.0 Å². The molecule has 8 aromatic rings. The highest BCUT2D eigenvalue weighted by molar-refractivity contribution is 5.97. The molecule has 1 aliphatic carbocycles. The first-order valence-electron chi connectivity index (χ1n) is 16.1. The third kappa shape index (κ3) is 4.46. The summed E-state index contributed by atoms with van der Waals surface area (Å²) >= 11 is 0. The van der Waals surface area contributed by atoms with Crippen molar-refractivity contribution in [2.24, 2.45) is 0 Å². The lowest BCUT2D eigenvalue weighted by Gasteiger charge is -2.21. The number of nitrogens with zero attached hydrogens (tertiary/aromatic N) is 3. The molecule has 3 nitrogen and oxygen atoms in total. The first kappa shape index (κ1) is 27.4. The van der Waals surface area contributed by atoms with E-state index in [-0.39, 0.29) is 5.41 Å². The third-order valence-electron chi connectivity index (χ3n) is 9.71. The van der Waals surface area contributed by atoms with Crippen LogP contribution in [0.5, 0.6) is 0 Å². The Morgan fingerprint density at radius 2 is 0.957 bits per heavy atom. The monoisotopic (exact) mass is 601 g/mol. The van der Waals surface area contributed by atoms with Gasteiger partial charge in [0.2, 0.25) is 0 Å². The van der Waals surface area contributed by atoms with Gasteiger partial charge < -0.3 is 0 Å². The van der Waals surface area contributed by atoms with Crippen LogP contribution in [0.3, 0.4) is 0 Å². The van der Waals surface area contributed by atoms with Crippen molar-refractivity contribution >= 4 is 21.5 Å². The summed E-state index contributed by atoms with van der Waals surface area (Å²) in [7, 11) is 0. The van der Waals surface area contributed by atoms with Crippen LogP contribution < -0.4 is 0 Å². The summed E-state index contributed by atoms with van der Waals surface area (Å²) in [5.41, 5.74) is 10.9. The fourth-order valence-corrected chi connectivity index (χ4v) is 7.31. The SMILES string of the molecule is CC1(C)c2ccccc2-c2c(-c3ccc4cc(-c5nc(-c6ccccc6)nc(-c6cccc7ccccc67)n5)ccc4c3)cccc21. The molecular formula is C44H31N3. The molecular weight excluding hydrogens is 571 g/mol. The van der Waals surface area contributed by atoms with Gasteiger partial charge in [-0.05, 0) is 67.1 Å². The summed E-state index contributed by atoms with van der Waals surface area (Å²) in [4.78, 5) is 15.1. The highest BCUT2D eigenvalue weighted by atomic mass is 15.0. The van der Waals surface area contributed by atoms with Crippen LogP contribution in [0.4, 0.5) is 0 Å². The summed E-state index contributed by atoms with van der Waals surface area (Å²) in [5.74, 6) is 1.99. The van der Waals surface area contributed by atoms with E-state index in [1.165, 1.54) is 38.8 Å². The summed E-state index contributed by atoms with van der Waals surface area (Å²) < 4.78 is 0. The van der Waals surface area contributed by atoms with Crippen molar-refractivity contribution in [3.63, 3.8) is 0 Å². The fourth-order valence-electron chi connectivity index (χ4n) is 7.31. The van der Waals surface area contributed by atoms with Gasteiger partial charge in [0.15, 0.2) is 17.5 Å². The maximum atomic E-state index is 5.07. The van der Waals surface area contributed by atoms with Crippen molar-refractivity contribution in [2.75, 3.05) is 0 Å². The van der Waals surface area contributed by atoms with Crippen molar-refractivity contribution in [1.29, 1.82) is 0 Å².